The molecule has 0 aliphatic carbocycles. The van der Waals surface area contributed by atoms with Crippen LogP contribution < -0.4 is 20.1 Å². The summed E-state index contributed by atoms with van der Waals surface area (Å²) in [5, 5.41) is 5.49. The van der Waals surface area contributed by atoms with E-state index in [-0.39, 0.29) is 29.0 Å². The van der Waals surface area contributed by atoms with Crippen molar-refractivity contribution in [2.45, 2.75) is 38.5 Å². The second-order valence-corrected chi connectivity index (χ2v) is 9.45. The number of sulfonamides is 1. The molecule has 3 N–H and O–H groups in total. The number of amides is 2. The van der Waals surface area contributed by atoms with Crippen LogP contribution in [0.1, 0.15) is 33.6 Å². The number of rotatable bonds is 6. The van der Waals surface area contributed by atoms with Gasteiger partial charge in [-0.1, -0.05) is 6.92 Å². The zero-order chi connectivity index (χ0) is 21.9. The van der Waals surface area contributed by atoms with Crippen LogP contribution in [0, 0.1) is 5.41 Å². The monoisotopic (exact) mass is 431 g/mol. The third kappa shape index (κ3) is 4.91. The van der Waals surface area contributed by atoms with Gasteiger partial charge in [-0.15, -0.1) is 0 Å². The van der Waals surface area contributed by atoms with Gasteiger partial charge in [0.05, 0.1) is 21.7 Å². The van der Waals surface area contributed by atoms with Crippen molar-refractivity contribution in [1.29, 1.82) is 0 Å². The Morgan fingerprint density at radius 3 is 2.47 bits per heavy atom. The predicted molar refractivity (Wildman–Crippen MR) is 115 cm³/mol. The molecule has 160 valence electrons. The number of fused-ring (bicyclic) bond motifs is 1. The summed E-state index contributed by atoms with van der Waals surface area (Å²) in [4.78, 5) is 24.0. The molecule has 0 radical (unpaired) electrons. The summed E-state index contributed by atoms with van der Waals surface area (Å²) in [5.74, 6) is 0.148. The van der Waals surface area contributed by atoms with Crippen LogP contribution in [0.25, 0.3) is 0 Å². The SMILES string of the molecule is CCCC(=O)Nc1ccc(S(=O)(=O)Nc2ccc3c(c2)NC(=O)C(C)(C)CO3)cc1. The second kappa shape index (κ2) is 8.35. The molecule has 2 aromatic carbocycles. The van der Waals surface area contributed by atoms with E-state index in [0.29, 0.717) is 23.5 Å². The van der Waals surface area contributed by atoms with Crippen molar-refractivity contribution in [2.24, 2.45) is 5.41 Å². The molecule has 1 aliphatic heterocycles. The lowest BCUT2D eigenvalue weighted by Gasteiger charge is -2.18. The Hall–Kier alpha value is -3.07. The Kier molecular flexibility index (Phi) is 6.02. The van der Waals surface area contributed by atoms with Gasteiger partial charge in [0.15, 0.2) is 0 Å². The van der Waals surface area contributed by atoms with Gasteiger partial charge in [-0.25, -0.2) is 8.42 Å². The van der Waals surface area contributed by atoms with Gasteiger partial charge in [-0.2, -0.15) is 0 Å². The molecule has 3 rings (SSSR count). The number of carbonyl (C=O) groups is 2. The molecule has 0 aromatic heterocycles. The molecule has 1 heterocycles. The molecule has 30 heavy (non-hydrogen) atoms. The Bertz CT molecular complexity index is 1060. The molecule has 0 atom stereocenters. The number of anilines is 3. The van der Waals surface area contributed by atoms with Gasteiger partial charge in [0.2, 0.25) is 11.8 Å². The first-order chi connectivity index (χ1) is 14.1. The van der Waals surface area contributed by atoms with Crippen LogP contribution in [0.5, 0.6) is 5.75 Å². The van der Waals surface area contributed by atoms with Crippen molar-refractivity contribution in [1.82, 2.24) is 0 Å². The fraction of sp³-hybridized carbons (Fsp3) is 0.333. The first-order valence-electron chi connectivity index (χ1n) is 9.62. The van der Waals surface area contributed by atoms with Gasteiger partial charge in [0.25, 0.3) is 10.0 Å². The van der Waals surface area contributed by atoms with Crippen LogP contribution in [0.15, 0.2) is 47.4 Å². The van der Waals surface area contributed by atoms with E-state index in [2.05, 4.69) is 15.4 Å². The predicted octanol–water partition coefficient (Wildman–Crippen LogP) is 3.58. The van der Waals surface area contributed by atoms with Gasteiger partial charge < -0.3 is 15.4 Å². The number of nitrogens with one attached hydrogen (secondary N) is 3. The summed E-state index contributed by atoms with van der Waals surface area (Å²) in [6.07, 6.45) is 1.13. The van der Waals surface area contributed by atoms with Crippen molar-refractivity contribution < 1.29 is 22.7 Å². The van der Waals surface area contributed by atoms with Crippen molar-refractivity contribution in [3.05, 3.63) is 42.5 Å². The number of ether oxygens (including phenoxy) is 1. The van der Waals surface area contributed by atoms with Crippen LogP contribution >= 0.6 is 0 Å². The minimum Gasteiger partial charge on any atom is -0.490 e. The van der Waals surface area contributed by atoms with E-state index >= 15 is 0 Å². The standard InChI is InChI=1S/C21H25N3O5S/c1-4-5-19(25)22-14-6-9-16(10-7-14)30(27,28)24-15-8-11-18-17(12-15)23-20(26)21(2,3)13-29-18/h6-12,24H,4-5,13H2,1-3H3,(H,22,25)(H,23,26). The van der Waals surface area contributed by atoms with Crippen molar-refractivity contribution >= 4 is 38.9 Å². The Balaban J connectivity index is 1.76. The summed E-state index contributed by atoms with van der Waals surface area (Å²) in [7, 11) is -3.86. The first kappa shape index (κ1) is 21.6. The lowest BCUT2D eigenvalue weighted by molar-refractivity contribution is -0.125. The number of carbonyl (C=O) groups excluding carboxylic acids is 2. The van der Waals surface area contributed by atoms with Crippen LogP contribution in [-0.4, -0.2) is 26.8 Å². The Morgan fingerprint density at radius 2 is 1.80 bits per heavy atom. The maximum atomic E-state index is 12.7. The van der Waals surface area contributed by atoms with E-state index in [1.54, 1.807) is 26.0 Å². The molecule has 0 bridgehead atoms. The lowest BCUT2D eigenvalue weighted by Crippen LogP contribution is -2.33. The fourth-order valence-electron chi connectivity index (χ4n) is 2.81. The Labute approximate surface area is 176 Å². The van der Waals surface area contributed by atoms with Crippen LogP contribution in [0.3, 0.4) is 0 Å². The molecule has 8 nitrogen and oxygen atoms in total. The van der Waals surface area contributed by atoms with Crippen LogP contribution in [0.4, 0.5) is 17.1 Å². The molecule has 1 aliphatic rings. The van der Waals surface area contributed by atoms with Crippen molar-refractivity contribution in [3.63, 3.8) is 0 Å². The lowest BCUT2D eigenvalue weighted by atomic mass is 9.94. The summed E-state index contributed by atoms with van der Waals surface area (Å²) in [5.41, 5.74) is 0.518. The summed E-state index contributed by atoms with van der Waals surface area (Å²) in [6, 6.07) is 10.6. The van der Waals surface area contributed by atoms with E-state index in [0.717, 1.165) is 6.42 Å². The number of hydrogen-bond acceptors (Lipinski definition) is 5. The van der Waals surface area contributed by atoms with E-state index in [1.807, 2.05) is 6.92 Å². The maximum Gasteiger partial charge on any atom is 0.261 e. The number of hydrogen-bond donors (Lipinski definition) is 3. The third-order valence-electron chi connectivity index (χ3n) is 4.61. The minimum absolute atomic E-state index is 0.0485. The average molecular weight is 432 g/mol. The highest BCUT2D eigenvalue weighted by molar-refractivity contribution is 7.92. The Morgan fingerprint density at radius 1 is 1.13 bits per heavy atom. The zero-order valence-corrected chi connectivity index (χ0v) is 17.9. The van der Waals surface area contributed by atoms with E-state index in [9.17, 15) is 18.0 Å². The van der Waals surface area contributed by atoms with E-state index in [1.165, 1.54) is 30.3 Å². The molecule has 9 heteroatoms. The van der Waals surface area contributed by atoms with Crippen molar-refractivity contribution in [2.75, 3.05) is 22.0 Å². The minimum atomic E-state index is -3.86. The van der Waals surface area contributed by atoms with Crippen molar-refractivity contribution in [3.8, 4) is 5.75 Å². The number of benzene rings is 2. The molecular formula is C21H25N3O5S. The molecule has 0 spiro atoms. The molecular weight excluding hydrogens is 406 g/mol. The summed E-state index contributed by atoms with van der Waals surface area (Å²) < 4.78 is 33.6. The van der Waals surface area contributed by atoms with Gasteiger partial charge in [0.1, 0.15) is 12.4 Å². The highest BCUT2D eigenvalue weighted by atomic mass is 32.2. The molecule has 0 saturated carbocycles. The zero-order valence-electron chi connectivity index (χ0n) is 17.1. The van der Waals surface area contributed by atoms with Gasteiger partial charge in [0, 0.05) is 12.1 Å². The molecule has 2 amide bonds. The quantitative estimate of drug-likeness (QED) is 0.647. The van der Waals surface area contributed by atoms with Crippen LogP contribution in [0.2, 0.25) is 0 Å². The normalized spacial score (nSPS) is 15.2. The topological polar surface area (TPSA) is 114 Å². The van der Waals surface area contributed by atoms with E-state index < -0.39 is 15.4 Å². The van der Waals surface area contributed by atoms with Crippen LogP contribution in [-0.2, 0) is 19.6 Å². The molecule has 0 unspecified atom stereocenters. The first-order valence-corrected chi connectivity index (χ1v) is 11.1. The smallest absolute Gasteiger partial charge is 0.261 e. The highest BCUT2D eigenvalue weighted by Crippen LogP contribution is 2.34. The maximum absolute atomic E-state index is 12.7. The van der Waals surface area contributed by atoms with E-state index in [4.69, 9.17) is 4.74 Å². The summed E-state index contributed by atoms with van der Waals surface area (Å²) >= 11 is 0. The second-order valence-electron chi connectivity index (χ2n) is 7.77. The third-order valence-corrected chi connectivity index (χ3v) is 6.01. The van der Waals surface area contributed by atoms with Gasteiger partial charge in [-0.05, 0) is 62.7 Å². The molecule has 2 aromatic rings. The summed E-state index contributed by atoms with van der Waals surface area (Å²) in [6.45, 7) is 5.66. The molecule has 0 saturated heterocycles. The van der Waals surface area contributed by atoms with Gasteiger partial charge in [-0.3, -0.25) is 14.3 Å². The largest absolute Gasteiger partial charge is 0.490 e. The fourth-order valence-corrected chi connectivity index (χ4v) is 3.86. The average Bonchev–Trinajstić information content (AvgIpc) is 2.78. The molecule has 0 fully saturated rings. The van der Waals surface area contributed by atoms with Gasteiger partial charge >= 0.3 is 0 Å². The highest BCUT2D eigenvalue weighted by Gasteiger charge is 2.32.